The van der Waals surface area contributed by atoms with Crippen LogP contribution in [0.2, 0.25) is 4.34 Å². The van der Waals surface area contributed by atoms with Gasteiger partial charge in [0.15, 0.2) is 10.8 Å². The lowest BCUT2D eigenvalue weighted by Crippen LogP contribution is -2.72. The van der Waals surface area contributed by atoms with Crippen molar-refractivity contribution in [2.24, 2.45) is 10.9 Å². The van der Waals surface area contributed by atoms with E-state index in [0.29, 0.717) is 28.3 Å². The number of thiazole rings is 1. The molecule has 7 N–H and O–H groups in total. The number of carboxylic acid groups (broad SMARTS) is 1. The Labute approximate surface area is 205 Å². The summed E-state index contributed by atoms with van der Waals surface area (Å²) in [5.74, 6) is -2.75. The Morgan fingerprint density at radius 2 is 2.21 bits per heavy atom. The number of fused-ring (bicyclic) bond motifs is 1. The number of pyridine rings is 1. The largest absolute Gasteiger partial charge is 0.477 e. The number of carbonyl (C=O) groups excluding carboxylic acids is 2. The van der Waals surface area contributed by atoms with E-state index in [2.05, 4.69) is 20.4 Å². The van der Waals surface area contributed by atoms with E-state index in [9.17, 15) is 24.7 Å². The monoisotopic (exact) mass is 523 g/mol. The van der Waals surface area contributed by atoms with Crippen LogP contribution in [0.3, 0.4) is 0 Å². The maximum absolute atomic E-state index is 12.9. The van der Waals surface area contributed by atoms with Gasteiger partial charge in [-0.15, -0.1) is 0 Å². The molecule has 0 radical (unpaired) electrons. The van der Waals surface area contributed by atoms with Crippen LogP contribution >= 0.6 is 34.7 Å². The zero-order valence-corrected chi connectivity index (χ0v) is 19.7. The predicted octanol–water partition coefficient (Wildman–Crippen LogP) is 0.989. The molecule has 2 aliphatic rings. The number of hydrogen-bond acceptors (Lipinski definition) is 11. The molecule has 0 saturated carbocycles. The van der Waals surface area contributed by atoms with Crippen LogP contribution in [0.4, 0.5) is 5.13 Å². The number of halogens is 1. The van der Waals surface area contributed by atoms with Crippen LogP contribution in [0, 0.1) is 0 Å². The van der Waals surface area contributed by atoms with E-state index in [1.54, 1.807) is 18.3 Å². The number of carboxylic acids is 1. The first-order chi connectivity index (χ1) is 16.3. The number of thioether (sulfide) groups is 1. The van der Waals surface area contributed by atoms with Gasteiger partial charge in [-0.05, 0) is 25.0 Å². The molecule has 0 spiro atoms. The molecule has 0 unspecified atom stereocenters. The Kier molecular flexibility index (Phi) is 6.74. The molecule has 2 atom stereocenters. The number of allylic oxidation sites excluding steroid dienone is 1. The van der Waals surface area contributed by atoms with E-state index < -0.39 is 35.6 Å². The maximum Gasteiger partial charge on any atom is 0.353 e. The van der Waals surface area contributed by atoms with E-state index in [4.69, 9.17) is 23.1 Å². The van der Waals surface area contributed by atoms with Crippen molar-refractivity contribution in [2.75, 3.05) is 5.73 Å². The van der Waals surface area contributed by atoms with Crippen molar-refractivity contribution in [3.8, 4) is 0 Å². The molecule has 34 heavy (non-hydrogen) atoms. The van der Waals surface area contributed by atoms with Crippen molar-refractivity contribution in [1.29, 1.82) is 0 Å². The lowest BCUT2D eigenvalue weighted by molar-refractivity contribution is -0.155. The Morgan fingerprint density at radius 3 is 2.82 bits per heavy atom. The molecule has 2 aliphatic heterocycles. The molecule has 178 valence electrons. The van der Waals surface area contributed by atoms with Gasteiger partial charge < -0.3 is 27.1 Å². The van der Waals surface area contributed by atoms with Gasteiger partial charge in [0.1, 0.15) is 21.8 Å². The zero-order chi connectivity index (χ0) is 24.6. The van der Waals surface area contributed by atoms with Gasteiger partial charge in [-0.2, -0.15) is 0 Å². The standard InChI is InChI=1S/C19H18ClN7O5S2/c20-15-12(25-19(22)34-15)13(26-32)16(28)24-11-8-3-4-10(14(18(30)31)27(8)17(11)29)33-9-2-1-5-23-7(9)6-21/h1-2,5,8,11,32H,3-4,6,21H2,(H2,22,25)(H,24,28)(H,30,31)/t8-,11+/m1/s1. The van der Waals surface area contributed by atoms with Crippen LogP contribution in [-0.2, 0) is 20.9 Å². The highest BCUT2D eigenvalue weighted by Crippen LogP contribution is 2.43. The van der Waals surface area contributed by atoms with Crippen molar-refractivity contribution >= 4 is 63.3 Å². The Morgan fingerprint density at radius 1 is 1.44 bits per heavy atom. The van der Waals surface area contributed by atoms with Crippen molar-refractivity contribution in [3.05, 3.63) is 44.7 Å². The third-order valence-electron chi connectivity index (χ3n) is 5.30. The molecule has 0 aliphatic carbocycles. The highest BCUT2D eigenvalue weighted by molar-refractivity contribution is 8.03. The summed E-state index contributed by atoms with van der Waals surface area (Å²) in [5.41, 5.74) is 11.1. The van der Waals surface area contributed by atoms with Crippen LogP contribution in [0.25, 0.3) is 0 Å². The van der Waals surface area contributed by atoms with Crippen LogP contribution in [0.1, 0.15) is 24.2 Å². The minimum Gasteiger partial charge on any atom is -0.477 e. The summed E-state index contributed by atoms with van der Waals surface area (Å²) >= 11 is 8.09. The number of nitrogens with one attached hydrogen (secondary N) is 1. The fourth-order valence-corrected chi connectivity index (χ4v) is 5.90. The molecule has 4 rings (SSSR count). The molecule has 2 aromatic heterocycles. The third-order valence-corrected chi connectivity index (χ3v) is 7.62. The van der Waals surface area contributed by atoms with Gasteiger partial charge in [-0.25, -0.2) is 9.78 Å². The average Bonchev–Trinajstić information content (AvgIpc) is 3.15. The molecular weight excluding hydrogens is 506 g/mol. The number of nitrogens with two attached hydrogens (primary N) is 2. The van der Waals surface area contributed by atoms with Crippen LogP contribution in [0.15, 0.2) is 39.0 Å². The number of anilines is 1. The number of aromatic nitrogens is 2. The molecule has 15 heteroatoms. The molecule has 2 amide bonds. The van der Waals surface area contributed by atoms with Crippen LogP contribution in [0.5, 0.6) is 0 Å². The molecule has 1 saturated heterocycles. The van der Waals surface area contributed by atoms with E-state index in [0.717, 1.165) is 11.3 Å². The Balaban J connectivity index is 1.55. The highest BCUT2D eigenvalue weighted by Gasteiger charge is 2.54. The number of hydrogen-bond donors (Lipinski definition) is 5. The van der Waals surface area contributed by atoms with E-state index in [1.165, 1.54) is 16.7 Å². The molecule has 0 aromatic carbocycles. The number of β-lactam (4-membered cyclic amide) rings is 1. The summed E-state index contributed by atoms with van der Waals surface area (Å²) in [5, 5.41) is 24.7. The number of aliphatic carboxylic acids is 1. The van der Waals surface area contributed by atoms with Crippen molar-refractivity contribution in [3.63, 3.8) is 0 Å². The summed E-state index contributed by atoms with van der Waals surface area (Å²) in [6, 6.07) is 1.92. The third kappa shape index (κ3) is 4.20. The van der Waals surface area contributed by atoms with Gasteiger partial charge in [0.25, 0.3) is 11.8 Å². The summed E-state index contributed by atoms with van der Waals surface area (Å²) in [6.45, 7) is 0.182. The van der Waals surface area contributed by atoms with E-state index in [-0.39, 0.29) is 27.4 Å². The van der Waals surface area contributed by atoms with Crippen molar-refractivity contribution in [2.45, 2.75) is 36.4 Å². The smallest absolute Gasteiger partial charge is 0.353 e. The minimum atomic E-state index is -1.26. The number of carbonyl (C=O) groups is 3. The van der Waals surface area contributed by atoms with Gasteiger partial charge in [0.2, 0.25) is 0 Å². The van der Waals surface area contributed by atoms with Gasteiger partial charge in [0.05, 0.1) is 11.7 Å². The lowest BCUT2D eigenvalue weighted by atomic mass is 9.86. The second-order valence-corrected chi connectivity index (χ2v) is 9.99. The SMILES string of the molecule is NCc1ncccc1SC1=C(C(=O)O)N2C(=O)[C@@H](NC(=O)C(=NO)c3nc(N)sc3Cl)[C@H]2CC1. The fourth-order valence-electron chi connectivity index (χ4n) is 3.80. The topological polar surface area (TPSA) is 197 Å². The van der Waals surface area contributed by atoms with E-state index in [1.807, 2.05) is 0 Å². The van der Waals surface area contributed by atoms with Gasteiger partial charge in [-0.3, -0.25) is 19.5 Å². The predicted molar refractivity (Wildman–Crippen MR) is 124 cm³/mol. The summed E-state index contributed by atoms with van der Waals surface area (Å²) < 4.78 is 0.0460. The van der Waals surface area contributed by atoms with Gasteiger partial charge in [-0.1, -0.05) is 39.9 Å². The molecule has 1 fully saturated rings. The fraction of sp³-hybridized carbons (Fsp3) is 0.263. The normalized spacial score (nSPS) is 20.1. The van der Waals surface area contributed by atoms with Crippen molar-refractivity contribution in [1.82, 2.24) is 20.2 Å². The minimum absolute atomic E-state index is 0.0460. The van der Waals surface area contributed by atoms with Gasteiger partial charge >= 0.3 is 5.97 Å². The molecule has 12 nitrogen and oxygen atoms in total. The number of nitrogen functional groups attached to an aromatic ring is 1. The van der Waals surface area contributed by atoms with Crippen molar-refractivity contribution < 1.29 is 24.7 Å². The Hall–Kier alpha value is -3.20. The second-order valence-electron chi connectivity index (χ2n) is 7.22. The highest BCUT2D eigenvalue weighted by atomic mass is 35.5. The molecule has 0 bridgehead atoms. The first-order valence-electron chi connectivity index (χ1n) is 9.83. The van der Waals surface area contributed by atoms with Crippen LogP contribution in [-0.4, -0.2) is 60.8 Å². The first-order valence-corrected chi connectivity index (χ1v) is 11.8. The van der Waals surface area contributed by atoms with Crippen LogP contribution < -0.4 is 16.8 Å². The number of amides is 2. The lowest BCUT2D eigenvalue weighted by Gasteiger charge is -2.50. The molecule has 4 heterocycles. The zero-order valence-electron chi connectivity index (χ0n) is 17.3. The summed E-state index contributed by atoms with van der Waals surface area (Å²) in [4.78, 5) is 48.1. The number of rotatable bonds is 7. The average molecular weight is 524 g/mol. The number of oxime groups is 1. The summed E-state index contributed by atoms with van der Waals surface area (Å²) in [6.07, 6.45) is 2.37. The molecular formula is C19H18ClN7O5S2. The quantitative estimate of drug-likeness (QED) is 0.151. The molecule has 2 aromatic rings. The summed E-state index contributed by atoms with van der Waals surface area (Å²) in [7, 11) is 0. The van der Waals surface area contributed by atoms with Gasteiger partial charge in [0, 0.05) is 22.5 Å². The second kappa shape index (κ2) is 9.58. The number of nitrogens with zero attached hydrogens (tertiary/aromatic N) is 4. The first kappa shape index (κ1) is 23.9. The Bertz CT molecular complexity index is 1250. The maximum atomic E-state index is 12.9. The van der Waals surface area contributed by atoms with E-state index >= 15 is 0 Å².